The van der Waals surface area contributed by atoms with Gasteiger partial charge in [-0.05, 0) is 0 Å². The average molecular weight is 221 g/mol. The van der Waals surface area contributed by atoms with Gasteiger partial charge in [-0.1, -0.05) is 0 Å². The van der Waals surface area contributed by atoms with Crippen molar-refractivity contribution in [1.82, 2.24) is 30.3 Å². The van der Waals surface area contributed by atoms with Gasteiger partial charge in [0.05, 0.1) is 12.2 Å². The van der Waals surface area contributed by atoms with E-state index in [1.807, 2.05) is 0 Å². The first-order chi connectivity index (χ1) is 7.66. The quantitative estimate of drug-likeness (QED) is 0.618. The molecule has 4 N–H and O–H groups in total. The second-order valence-corrected chi connectivity index (χ2v) is 3.22. The maximum absolute atomic E-state index is 11.6. The van der Waals surface area contributed by atoms with Crippen molar-refractivity contribution >= 4 is 11.6 Å². The number of H-pyrrole nitrogens is 1. The summed E-state index contributed by atoms with van der Waals surface area (Å²) in [5, 5.41) is 12.9. The summed E-state index contributed by atoms with van der Waals surface area (Å²) in [6.45, 7) is 0.259. The largest absolute Gasteiger partial charge is 0.396 e. The molecule has 0 saturated carbocycles. The molecule has 0 fully saturated rings. The molecule has 0 saturated heterocycles. The molecule has 2 aromatic rings. The molecule has 0 aliphatic heterocycles. The summed E-state index contributed by atoms with van der Waals surface area (Å²) in [4.78, 5) is 15.5. The minimum absolute atomic E-state index is 0.210. The Morgan fingerprint density at radius 3 is 3.06 bits per heavy atom. The highest BCUT2D eigenvalue weighted by molar-refractivity contribution is 5.96. The zero-order valence-electron chi connectivity index (χ0n) is 8.64. The summed E-state index contributed by atoms with van der Waals surface area (Å²) in [7, 11) is 1.70. The summed E-state index contributed by atoms with van der Waals surface area (Å²) in [6, 6.07) is 0. The molecular weight excluding hydrogens is 210 g/mol. The molecule has 0 aromatic carbocycles. The number of carbonyl (C=O) groups is 1. The number of aryl methyl sites for hydroxylation is 1. The number of nitrogens with one attached hydrogen (secondary N) is 2. The van der Waals surface area contributed by atoms with Gasteiger partial charge in [0.1, 0.15) is 12.2 Å². The van der Waals surface area contributed by atoms with Crippen LogP contribution in [-0.4, -0.2) is 30.9 Å². The SMILES string of the molecule is Cn1cc(N)c(C(=O)NCc2ncn[nH]2)n1. The first kappa shape index (κ1) is 10.1. The van der Waals surface area contributed by atoms with Gasteiger partial charge in [-0.25, -0.2) is 4.98 Å². The average Bonchev–Trinajstić information content (AvgIpc) is 2.84. The second kappa shape index (κ2) is 4.01. The van der Waals surface area contributed by atoms with Crippen LogP contribution in [0.1, 0.15) is 16.3 Å². The Balaban J connectivity index is 2.01. The van der Waals surface area contributed by atoms with E-state index in [4.69, 9.17) is 5.73 Å². The summed E-state index contributed by atoms with van der Waals surface area (Å²) in [5.41, 5.74) is 6.17. The van der Waals surface area contributed by atoms with E-state index in [9.17, 15) is 4.79 Å². The number of aromatic nitrogens is 5. The van der Waals surface area contributed by atoms with E-state index in [0.29, 0.717) is 11.5 Å². The Kier molecular flexibility index (Phi) is 2.54. The van der Waals surface area contributed by atoms with E-state index in [2.05, 4.69) is 25.6 Å². The van der Waals surface area contributed by atoms with Crippen LogP contribution in [0.25, 0.3) is 0 Å². The van der Waals surface area contributed by atoms with Crippen molar-refractivity contribution in [2.75, 3.05) is 5.73 Å². The highest BCUT2D eigenvalue weighted by atomic mass is 16.2. The van der Waals surface area contributed by atoms with E-state index in [1.165, 1.54) is 11.0 Å². The Labute approximate surface area is 90.9 Å². The first-order valence-electron chi connectivity index (χ1n) is 4.58. The summed E-state index contributed by atoms with van der Waals surface area (Å²) >= 11 is 0. The number of nitrogens with two attached hydrogens (primary N) is 1. The van der Waals surface area contributed by atoms with E-state index in [-0.39, 0.29) is 18.1 Å². The molecule has 84 valence electrons. The van der Waals surface area contributed by atoms with Crippen LogP contribution in [0, 0.1) is 0 Å². The van der Waals surface area contributed by atoms with Gasteiger partial charge in [0, 0.05) is 13.2 Å². The molecule has 0 spiro atoms. The minimum atomic E-state index is -0.338. The van der Waals surface area contributed by atoms with Gasteiger partial charge < -0.3 is 11.1 Å². The van der Waals surface area contributed by atoms with Crippen LogP contribution in [0.2, 0.25) is 0 Å². The zero-order valence-corrected chi connectivity index (χ0v) is 8.64. The molecule has 2 aromatic heterocycles. The predicted octanol–water partition coefficient (Wildman–Crippen LogP) is -0.950. The monoisotopic (exact) mass is 221 g/mol. The lowest BCUT2D eigenvalue weighted by Crippen LogP contribution is -2.24. The van der Waals surface area contributed by atoms with E-state index in [0.717, 1.165) is 0 Å². The molecule has 1 amide bonds. The van der Waals surface area contributed by atoms with Crippen LogP contribution in [0.5, 0.6) is 0 Å². The maximum atomic E-state index is 11.6. The number of amides is 1. The van der Waals surface area contributed by atoms with Gasteiger partial charge in [-0.15, -0.1) is 0 Å². The number of hydrogen-bond donors (Lipinski definition) is 3. The molecule has 8 heteroatoms. The number of anilines is 1. The predicted molar refractivity (Wildman–Crippen MR) is 55.2 cm³/mol. The van der Waals surface area contributed by atoms with Gasteiger partial charge >= 0.3 is 0 Å². The summed E-state index contributed by atoms with van der Waals surface area (Å²) in [5.74, 6) is 0.234. The normalized spacial score (nSPS) is 10.3. The van der Waals surface area contributed by atoms with Crippen LogP contribution in [0.4, 0.5) is 5.69 Å². The molecule has 2 heterocycles. The fraction of sp³-hybridized carbons (Fsp3) is 0.250. The fourth-order valence-electron chi connectivity index (χ4n) is 1.25. The third kappa shape index (κ3) is 2.00. The van der Waals surface area contributed by atoms with Gasteiger partial charge in [0.15, 0.2) is 5.69 Å². The van der Waals surface area contributed by atoms with Gasteiger partial charge in [0.25, 0.3) is 5.91 Å². The standard InChI is InChI=1S/C8H11N7O/c1-15-3-5(9)7(14-15)8(16)10-2-6-11-4-12-13-6/h3-4H,2,9H2,1H3,(H,10,16)(H,11,12,13). The molecule has 0 aliphatic rings. The molecule has 16 heavy (non-hydrogen) atoms. The van der Waals surface area contributed by atoms with Crippen molar-refractivity contribution in [2.45, 2.75) is 6.54 Å². The number of carbonyl (C=O) groups excluding carboxylic acids is 1. The Morgan fingerprint density at radius 1 is 1.69 bits per heavy atom. The highest BCUT2D eigenvalue weighted by Gasteiger charge is 2.13. The molecule has 0 atom stereocenters. The van der Waals surface area contributed by atoms with E-state index < -0.39 is 0 Å². The summed E-state index contributed by atoms with van der Waals surface area (Å²) in [6.07, 6.45) is 2.94. The van der Waals surface area contributed by atoms with Gasteiger partial charge in [0.2, 0.25) is 0 Å². The van der Waals surface area contributed by atoms with Crippen LogP contribution in [0.15, 0.2) is 12.5 Å². The lowest BCUT2D eigenvalue weighted by Gasteiger charge is -2.00. The molecule has 0 radical (unpaired) electrons. The number of nitrogens with zero attached hydrogens (tertiary/aromatic N) is 4. The lowest BCUT2D eigenvalue weighted by atomic mass is 10.3. The molecule has 8 nitrogen and oxygen atoms in total. The molecule has 0 bridgehead atoms. The van der Waals surface area contributed by atoms with E-state index in [1.54, 1.807) is 13.2 Å². The lowest BCUT2D eigenvalue weighted by molar-refractivity contribution is 0.0945. The number of hydrogen-bond acceptors (Lipinski definition) is 5. The minimum Gasteiger partial charge on any atom is -0.396 e. The second-order valence-electron chi connectivity index (χ2n) is 3.22. The van der Waals surface area contributed by atoms with Crippen molar-refractivity contribution in [1.29, 1.82) is 0 Å². The smallest absolute Gasteiger partial charge is 0.274 e. The Morgan fingerprint density at radius 2 is 2.50 bits per heavy atom. The third-order valence-electron chi connectivity index (χ3n) is 1.95. The molecule has 0 aliphatic carbocycles. The van der Waals surface area contributed by atoms with Crippen molar-refractivity contribution in [2.24, 2.45) is 7.05 Å². The van der Waals surface area contributed by atoms with Crippen molar-refractivity contribution < 1.29 is 4.79 Å². The highest BCUT2D eigenvalue weighted by Crippen LogP contribution is 2.07. The first-order valence-corrected chi connectivity index (χ1v) is 4.58. The Hall–Kier alpha value is -2.38. The number of nitrogen functional groups attached to an aromatic ring is 1. The zero-order chi connectivity index (χ0) is 11.5. The van der Waals surface area contributed by atoms with Gasteiger partial charge in [-0.2, -0.15) is 10.2 Å². The van der Waals surface area contributed by atoms with Crippen LogP contribution >= 0.6 is 0 Å². The number of aromatic amines is 1. The van der Waals surface area contributed by atoms with E-state index >= 15 is 0 Å². The number of rotatable bonds is 3. The molecule has 2 rings (SSSR count). The molecular formula is C8H11N7O. The van der Waals surface area contributed by atoms with Crippen LogP contribution in [0.3, 0.4) is 0 Å². The van der Waals surface area contributed by atoms with Crippen LogP contribution in [-0.2, 0) is 13.6 Å². The van der Waals surface area contributed by atoms with Crippen molar-refractivity contribution in [3.8, 4) is 0 Å². The fourth-order valence-corrected chi connectivity index (χ4v) is 1.25. The maximum Gasteiger partial charge on any atom is 0.274 e. The topological polar surface area (TPSA) is 115 Å². The van der Waals surface area contributed by atoms with Gasteiger partial charge in [-0.3, -0.25) is 14.6 Å². The Bertz CT molecular complexity index is 486. The van der Waals surface area contributed by atoms with Crippen molar-refractivity contribution in [3.63, 3.8) is 0 Å². The third-order valence-corrected chi connectivity index (χ3v) is 1.95. The molecule has 0 unspecified atom stereocenters. The van der Waals surface area contributed by atoms with Crippen molar-refractivity contribution in [3.05, 3.63) is 24.0 Å². The van der Waals surface area contributed by atoms with Crippen LogP contribution < -0.4 is 11.1 Å². The summed E-state index contributed by atoms with van der Waals surface area (Å²) < 4.78 is 1.48.